The normalized spacial score (nSPS) is 13.9. The number of hydrogen-bond acceptors (Lipinski definition) is 4. The zero-order chi connectivity index (χ0) is 19.1. The molecule has 1 saturated heterocycles. The molecule has 142 valence electrons. The Hall–Kier alpha value is -2.89. The molecule has 0 unspecified atom stereocenters. The molecule has 1 N–H and O–H groups in total. The number of nitrogens with zero attached hydrogens (tertiary/aromatic N) is 2. The van der Waals surface area contributed by atoms with Crippen LogP contribution in [0.15, 0.2) is 42.5 Å². The highest BCUT2D eigenvalue weighted by atomic mass is 16.5. The number of rotatable bonds is 6. The third-order valence-electron chi connectivity index (χ3n) is 4.68. The number of benzene rings is 1. The number of piperidine rings is 1. The minimum absolute atomic E-state index is 0.0965. The van der Waals surface area contributed by atoms with E-state index in [2.05, 4.69) is 10.3 Å². The fourth-order valence-corrected chi connectivity index (χ4v) is 3.18. The van der Waals surface area contributed by atoms with Crippen LogP contribution in [0.4, 0.5) is 0 Å². The molecule has 27 heavy (non-hydrogen) atoms. The molecule has 2 heterocycles. The fourth-order valence-electron chi connectivity index (χ4n) is 3.18. The first-order chi connectivity index (χ1) is 13.2. The van der Waals surface area contributed by atoms with E-state index < -0.39 is 0 Å². The quantitative estimate of drug-likeness (QED) is 0.852. The van der Waals surface area contributed by atoms with Crippen molar-refractivity contribution in [3.63, 3.8) is 0 Å². The van der Waals surface area contributed by atoms with E-state index in [1.807, 2.05) is 29.2 Å². The molecule has 1 fully saturated rings. The average Bonchev–Trinajstić information content (AvgIpc) is 2.74. The highest BCUT2D eigenvalue weighted by Crippen LogP contribution is 2.13. The summed E-state index contributed by atoms with van der Waals surface area (Å²) in [6, 6.07) is 12.8. The minimum atomic E-state index is -0.272. The van der Waals surface area contributed by atoms with Gasteiger partial charge in [-0.3, -0.25) is 9.59 Å². The van der Waals surface area contributed by atoms with Crippen LogP contribution in [0.25, 0.3) is 0 Å². The second-order valence-corrected chi connectivity index (χ2v) is 6.62. The SMILES string of the molecule is COc1cccc(CCNC(=O)c2cccc(C(=O)N3CCCCC3)n2)c1. The number of aromatic nitrogens is 1. The van der Waals surface area contributed by atoms with Gasteiger partial charge in [-0.25, -0.2) is 4.98 Å². The van der Waals surface area contributed by atoms with Crippen LogP contribution in [0.1, 0.15) is 45.8 Å². The standard InChI is InChI=1S/C21H25N3O3/c1-27-17-8-5-7-16(15-17)11-12-22-20(25)18-9-6-10-19(23-18)21(26)24-13-3-2-4-14-24/h5-10,15H,2-4,11-14H2,1H3,(H,22,25). The van der Waals surface area contributed by atoms with Gasteiger partial charge in [-0.15, -0.1) is 0 Å². The first-order valence-corrected chi connectivity index (χ1v) is 9.35. The van der Waals surface area contributed by atoms with E-state index >= 15 is 0 Å². The predicted molar refractivity (Wildman–Crippen MR) is 103 cm³/mol. The Morgan fingerprint density at radius 1 is 1.07 bits per heavy atom. The smallest absolute Gasteiger partial charge is 0.272 e. The molecular formula is C21H25N3O3. The Morgan fingerprint density at radius 3 is 2.59 bits per heavy atom. The number of carbonyl (C=O) groups is 2. The first-order valence-electron chi connectivity index (χ1n) is 9.35. The lowest BCUT2D eigenvalue weighted by molar-refractivity contribution is 0.0718. The Bertz CT molecular complexity index is 801. The lowest BCUT2D eigenvalue weighted by Gasteiger charge is -2.26. The van der Waals surface area contributed by atoms with Gasteiger partial charge in [0, 0.05) is 19.6 Å². The van der Waals surface area contributed by atoms with Crippen molar-refractivity contribution in [1.82, 2.24) is 15.2 Å². The third-order valence-corrected chi connectivity index (χ3v) is 4.68. The highest BCUT2D eigenvalue weighted by molar-refractivity contribution is 5.96. The van der Waals surface area contributed by atoms with Crippen molar-refractivity contribution in [3.8, 4) is 5.75 Å². The lowest BCUT2D eigenvalue weighted by Crippen LogP contribution is -2.36. The van der Waals surface area contributed by atoms with Crippen molar-refractivity contribution >= 4 is 11.8 Å². The maximum absolute atomic E-state index is 12.6. The van der Waals surface area contributed by atoms with Crippen molar-refractivity contribution in [1.29, 1.82) is 0 Å². The summed E-state index contributed by atoms with van der Waals surface area (Å²) in [5, 5.41) is 2.86. The molecule has 0 saturated carbocycles. The van der Waals surface area contributed by atoms with Crippen molar-refractivity contribution in [2.45, 2.75) is 25.7 Å². The Morgan fingerprint density at radius 2 is 1.81 bits per heavy atom. The van der Waals surface area contributed by atoms with Gasteiger partial charge in [-0.05, 0) is 55.5 Å². The van der Waals surface area contributed by atoms with Crippen LogP contribution >= 0.6 is 0 Å². The molecule has 3 rings (SSSR count). The maximum atomic E-state index is 12.6. The van der Waals surface area contributed by atoms with Gasteiger partial charge >= 0.3 is 0 Å². The van der Waals surface area contributed by atoms with Crippen molar-refractivity contribution < 1.29 is 14.3 Å². The minimum Gasteiger partial charge on any atom is -0.497 e. The summed E-state index contributed by atoms with van der Waals surface area (Å²) in [5.41, 5.74) is 1.68. The van der Waals surface area contributed by atoms with Gasteiger partial charge in [-0.1, -0.05) is 18.2 Å². The number of ether oxygens (including phenoxy) is 1. The number of likely N-dealkylation sites (tertiary alicyclic amines) is 1. The van der Waals surface area contributed by atoms with Crippen LogP contribution in [0.3, 0.4) is 0 Å². The number of pyridine rings is 1. The third kappa shape index (κ3) is 5.06. The molecule has 2 aromatic rings. The monoisotopic (exact) mass is 367 g/mol. The second-order valence-electron chi connectivity index (χ2n) is 6.62. The number of hydrogen-bond donors (Lipinski definition) is 1. The van der Waals surface area contributed by atoms with Crippen molar-refractivity contribution in [2.24, 2.45) is 0 Å². The van der Waals surface area contributed by atoms with Crippen molar-refractivity contribution in [3.05, 3.63) is 59.4 Å². The van der Waals surface area contributed by atoms with Crippen LogP contribution in [-0.2, 0) is 6.42 Å². The lowest BCUT2D eigenvalue weighted by atomic mass is 10.1. The molecule has 6 nitrogen and oxygen atoms in total. The summed E-state index contributed by atoms with van der Waals surface area (Å²) in [6.07, 6.45) is 3.90. The topological polar surface area (TPSA) is 71.5 Å². The van der Waals surface area contributed by atoms with Crippen LogP contribution in [-0.4, -0.2) is 48.4 Å². The molecular weight excluding hydrogens is 342 g/mol. The fraction of sp³-hybridized carbons (Fsp3) is 0.381. The Labute approximate surface area is 159 Å². The number of carbonyl (C=O) groups excluding carboxylic acids is 2. The van der Waals surface area contributed by atoms with E-state index in [1.54, 1.807) is 25.3 Å². The molecule has 1 aliphatic rings. The molecule has 1 aromatic heterocycles. The van der Waals surface area contributed by atoms with Crippen LogP contribution in [0.2, 0.25) is 0 Å². The average molecular weight is 367 g/mol. The molecule has 6 heteroatoms. The summed E-state index contributed by atoms with van der Waals surface area (Å²) in [4.78, 5) is 31.0. The molecule has 0 radical (unpaired) electrons. The first kappa shape index (κ1) is 18.9. The van der Waals surface area contributed by atoms with Crippen LogP contribution in [0.5, 0.6) is 5.75 Å². The van der Waals surface area contributed by atoms with E-state index in [9.17, 15) is 9.59 Å². The van der Waals surface area contributed by atoms with E-state index in [0.29, 0.717) is 18.7 Å². The molecule has 0 bridgehead atoms. The van der Waals surface area contributed by atoms with Crippen LogP contribution in [0, 0.1) is 0 Å². The van der Waals surface area contributed by atoms with Gasteiger partial charge in [-0.2, -0.15) is 0 Å². The predicted octanol–water partition coefficient (Wildman–Crippen LogP) is 2.69. The van der Waals surface area contributed by atoms with Gasteiger partial charge in [0.25, 0.3) is 11.8 Å². The molecule has 2 amide bonds. The summed E-state index contributed by atoms with van der Waals surface area (Å²) in [7, 11) is 1.63. The summed E-state index contributed by atoms with van der Waals surface area (Å²) in [6.45, 7) is 2.01. The van der Waals surface area contributed by atoms with Gasteiger partial charge in [0.1, 0.15) is 17.1 Å². The largest absolute Gasteiger partial charge is 0.497 e. The molecule has 1 aromatic carbocycles. The zero-order valence-corrected chi connectivity index (χ0v) is 15.6. The Balaban J connectivity index is 1.57. The number of methoxy groups -OCH3 is 1. The molecule has 0 spiro atoms. The molecule has 0 aliphatic carbocycles. The summed E-state index contributed by atoms with van der Waals surface area (Å²) >= 11 is 0. The number of nitrogens with one attached hydrogen (secondary N) is 1. The highest BCUT2D eigenvalue weighted by Gasteiger charge is 2.20. The summed E-state index contributed by atoms with van der Waals surface area (Å²) < 4.78 is 5.20. The van der Waals surface area contributed by atoms with E-state index in [4.69, 9.17) is 4.74 Å². The summed E-state index contributed by atoms with van der Waals surface area (Å²) in [5.74, 6) is 0.427. The van der Waals surface area contributed by atoms with E-state index in [0.717, 1.165) is 43.7 Å². The van der Waals surface area contributed by atoms with E-state index in [-0.39, 0.29) is 17.5 Å². The molecule has 1 aliphatic heterocycles. The zero-order valence-electron chi connectivity index (χ0n) is 15.6. The second kappa shape index (κ2) is 9.16. The van der Waals surface area contributed by atoms with Crippen LogP contribution < -0.4 is 10.1 Å². The van der Waals surface area contributed by atoms with Crippen molar-refractivity contribution in [2.75, 3.05) is 26.7 Å². The maximum Gasteiger partial charge on any atom is 0.272 e. The molecule has 0 atom stereocenters. The van der Waals surface area contributed by atoms with E-state index in [1.165, 1.54) is 0 Å². The number of amides is 2. The van der Waals surface area contributed by atoms with Gasteiger partial charge in [0.15, 0.2) is 0 Å². The van der Waals surface area contributed by atoms with Gasteiger partial charge in [0.2, 0.25) is 0 Å². The van der Waals surface area contributed by atoms with Gasteiger partial charge in [0.05, 0.1) is 7.11 Å². The Kier molecular flexibility index (Phi) is 6.41. The van der Waals surface area contributed by atoms with Gasteiger partial charge < -0.3 is 15.0 Å².